The van der Waals surface area contributed by atoms with Crippen LogP contribution in [-0.4, -0.2) is 0 Å². The van der Waals surface area contributed by atoms with Crippen molar-refractivity contribution in [3.05, 3.63) is 216 Å². The molecule has 0 radical (unpaired) electrons. The van der Waals surface area contributed by atoms with Crippen LogP contribution in [0.15, 0.2) is 155 Å². The molecule has 268 valence electrons. The number of hydrogen-bond acceptors (Lipinski definition) is 5. The van der Waals surface area contributed by atoms with Gasteiger partial charge in [0.2, 0.25) is 5.69 Å². The molecular formula is C52H28N4O2. The largest absolute Gasteiger partial charge is 0.290 e. The molecule has 0 saturated heterocycles. The minimum Gasteiger partial charge on any atom is -0.290 e. The van der Waals surface area contributed by atoms with E-state index in [1.54, 1.807) is 36.4 Å². The first-order chi connectivity index (χ1) is 28.4. The Kier molecular flexibility index (Phi) is 11.1. The Hall–Kier alpha value is -8.78. The third-order valence-electron chi connectivity index (χ3n) is 9.56. The molecule has 0 amide bonds. The van der Waals surface area contributed by atoms with Crippen LogP contribution >= 0.6 is 0 Å². The fourth-order valence-corrected chi connectivity index (χ4v) is 6.84. The van der Waals surface area contributed by atoms with E-state index in [4.69, 9.17) is 6.57 Å². The molecule has 8 aromatic rings. The fraction of sp³-hybridized carbons (Fsp3) is 0.0385. The van der Waals surface area contributed by atoms with Crippen molar-refractivity contribution in [2.45, 2.75) is 12.8 Å². The summed E-state index contributed by atoms with van der Waals surface area (Å²) in [5.74, 6) is 12.6. The Labute approximate surface area is 335 Å². The number of nitrogens with zero attached hydrogens (tertiary/aromatic N) is 4. The standard InChI is InChI=1S/C26H12N2O2.C26H16N2/c1-28-24-18-12-17-19(13-20(18)26(30)23(24)16-10-6-3-7-11-16)25(29)22(21(17)14-27)15-8-4-2-5-9-15;27-17-15-25-20-26(16-18-28)24(14-12-22-9-5-2-6-10-22)19-23(25)13-11-21-7-3-1-4-8-21/h2-13H;1-10,19-20H,15-16H2. The molecular weight excluding hydrogens is 713 g/mol. The van der Waals surface area contributed by atoms with E-state index in [0.717, 1.165) is 33.4 Å². The predicted molar refractivity (Wildman–Crippen MR) is 228 cm³/mol. The zero-order chi connectivity index (χ0) is 40.4. The summed E-state index contributed by atoms with van der Waals surface area (Å²) in [4.78, 5) is 30.0. The van der Waals surface area contributed by atoms with Crippen LogP contribution in [-0.2, 0) is 12.8 Å². The molecule has 0 bridgehead atoms. The third kappa shape index (κ3) is 7.60. The van der Waals surface area contributed by atoms with Gasteiger partial charge in [0.05, 0.1) is 37.1 Å². The van der Waals surface area contributed by atoms with Crippen LogP contribution in [0.25, 0.3) is 48.6 Å². The molecule has 0 fully saturated rings. The van der Waals surface area contributed by atoms with E-state index >= 15 is 0 Å². The van der Waals surface area contributed by atoms with Gasteiger partial charge in [0, 0.05) is 49.5 Å². The molecule has 0 heterocycles. The van der Waals surface area contributed by atoms with Crippen LogP contribution in [0.4, 0.5) is 5.69 Å². The predicted octanol–water partition coefficient (Wildman–Crippen LogP) is 9.96. The van der Waals surface area contributed by atoms with Gasteiger partial charge in [-0.1, -0.05) is 133 Å². The van der Waals surface area contributed by atoms with Crippen LogP contribution in [0.3, 0.4) is 0 Å². The fourth-order valence-electron chi connectivity index (χ4n) is 6.84. The van der Waals surface area contributed by atoms with Crippen LogP contribution in [0.2, 0.25) is 0 Å². The average molecular weight is 741 g/mol. The molecule has 8 aromatic carbocycles. The summed E-state index contributed by atoms with van der Waals surface area (Å²) in [5.41, 5.74) is 6.96. The van der Waals surface area contributed by atoms with E-state index in [-0.39, 0.29) is 35.0 Å². The first-order valence-electron chi connectivity index (χ1n) is 18.1. The summed E-state index contributed by atoms with van der Waals surface area (Å²) >= 11 is 0. The van der Waals surface area contributed by atoms with E-state index in [1.165, 1.54) is 0 Å². The third-order valence-corrected chi connectivity index (χ3v) is 9.56. The maximum atomic E-state index is 13.2. The molecule has 8 rings (SSSR count). The van der Waals surface area contributed by atoms with Crippen molar-refractivity contribution in [3.63, 3.8) is 0 Å². The lowest BCUT2D eigenvalue weighted by molar-refractivity contribution is 1.18. The first-order valence-corrected chi connectivity index (χ1v) is 18.1. The highest BCUT2D eigenvalue weighted by Gasteiger charge is 2.24. The molecule has 0 spiro atoms. The Morgan fingerprint density at radius 1 is 0.483 bits per heavy atom. The van der Waals surface area contributed by atoms with Crippen LogP contribution in [0, 0.1) is 64.2 Å². The number of hydrogen-bond donors (Lipinski definition) is 0. The van der Waals surface area contributed by atoms with Crippen molar-refractivity contribution in [1.29, 1.82) is 15.8 Å². The van der Waals surface area contributed by atoms with Crippen molar-refractivity contribution >= 4 is 27.2 Å². The second kappa shape index (κ2) is 17.1. The lowest BCUT2D eigenvalue weighted by Crippen LogP contribution is -2.01. The molecule has 58 heavy (non-hydrogen) atoms. The highest BCUT2D eigenvalue weighted by molar-refractivity contribution is 6.14. The Morgan fingerprint density at radius 3 is 1.38 bits per heavy atom. The smallest absolute Gasteiger partial charge is 0.206 e. The quantitative estimate of drug-likeness (QED) is 0.132. The molecule has 0 N–H and O–H groups in total. The average Bonchev–Trinajstić information content (AvgIpc) is 3.71. The van der Waals surface area contributed by atoms with Gasteiger partial charge in [-0.3, -0.25) is 9.59 Å². The van der Waals surface area contributed by atoms with E-state index in [0.29, 0.717) is 43.8 Å². The second-order valence-corrected chi connectivity index (χ2v) is 13.1. The molecule has 6 nitrogen and oxygen atoms in total. The molecule has 0 aliphatic rings. The van der Waals surface area contributed by atoms with Crippen molar-refractivity contribution in [2.24, 2.45) is 0 Å². The summed E-state index contributed by atoms with van der Waals surface area (Å²) in [6.07, 6.45) is 0.479. The zero-order valence-corrected chi connectivity index (χ0v) is 30.9. The van der Waals surface area contributed by atoms with Crippen molar-refractivity contribution in [2.75, 3.05) is 0 Å². The van der Waals surface area contributed by atoms with E-state index in [9.17, 15) is 25.4 Å². The Bertz CT molecular complexity index is 3030. The number of rotatable bonds is 4. The van der Waals surface area contributed by atoms with E-state index in [1.807, 2.05) is 109 Å². The molecule has 0 atom stereocenters. The highest BCUT2D eigenvalue weighted by atomic mass is 16.1. The summed E-state index contributed by atoms with van der Waals surface area (Å²) in [6.45, 7) is 7.68. The maximum Gasteiger partial charge on any atom is 0.206 e. The number of fused-ring (bicyclic) bond motifs is 2. The second-order valence-electron chi connectivity index (χ2n) is 13.1. The van der Waals surface area contributed by atoms with Crippen LogP contribution < -0.4 is 10.9 Å². The van der Waals surface area contributed by atoms with Gasteiger partial charge >= 0.3 is 0 Å². The monoisotopic (exact) mass is 740 g/mol. The summed E-state index contributed by atoms with van der Waals surface area (Å²) < 4.78 is 0. The summed E-state index contributed by atoms with van der Waals surface area (Å²) in [7, 11) is 0. The van der Waals surface area contributed by atoms with Gasteiger partial charge in [-0.05, 0) is 64.0 Å². The maximum absolute atomic E-state index is 13.2. The van der Waals surface area contributed by atoms with Gasteiger partial charge in [0.25, 0.3) is 0 Å². The molecule has 0 aliphatic heterocycles. The van der Waals surface area contributed by atoms with Crippen LogP contribution in [0.1, 0.15) is 38.9 Å². The van der Waals surface area contributed by atoms with Gasteiger partial charge in [0.15, 0.2) is 10.9 Å². The normalized spacial score (nSPS) is 10.0. The van der Waals surface area contributed by atoms with Crippen LogP contribution in [0.5, 0.6) is 0 Å². The topological polar surface area (TPSA) is 110 Å². The van der Waals surface area contributed by atoms with Crippen molar-refractivity contribution in [3.8, 4) is 64.1 Å². The number of nitriles is 3. The molecule has 6 heteroatoms. The molecule has 0 aromatic heterocycles. The number of benzene rings is 6. The van der Waals surface area contributed by atoms with Gasteiger partial charge in [-0.2, -0.15) is 15.8 Å². The van der Waals surface area contributed by atoms with Gasteiger partial charge < -0.3 is 0 Å². The minimum atomic E-state index is -0.277. The Morgan fingerprint density at radius 2 is 0.914 bits per heavy atom. The van der Waals surface area contributed by atoms with Gasteiger partial charge in [-0.25, -0.2) is 4.85 Å². The molecule has 0 saturated carbocycles. The van der Waals surface area contributed by atoms with Gasteiger partial charge in [0.1, 0.15) is 6.07 Å². The lowest BCUT2D eigenvalue weighted by atomic mass is 9.95. The zero-order valence-electron chi connectivity index (χ0n) is 30.9. The lowest BCUT2D eigenvalue weighted by Gasteiger charge is -2.07. The Balaban J connectivity index is 0.000000177. The van der Waals surface area contributed by atoms with Gasteiger partial charge in [-0.15, -0.1) is 0 Å². The first kappa shape index (κ1) is 37.5. The molecule has 0 unspecified atom stereocenters. The minimum absolute atomic E-state index is 0.240. The van der Waals surface area contributed by atoms with E-state index in [2.05, 4.69) is 46.7 Å². The van der Waals surface area contributed by atoms with Crippen molar-refractivity contribution < 1.29 is 0 Å². The molecule has 0 aliphatic carbocycles. The highest BCUT2D eigenvalue weighted by Crippen LogP contribution is 2.39. The van der Waals surface area contributed by atoms with Crippen molar-refractivity contribution in [1.82, 2.24) is 0 Å². The SMILES string of the molecule is N#CCc1cc(CC#N)c(C#Cc2ccccc2)cc1C#Cc1ccccc1.[C-]#[N+]c1c(-c2ccccc2)c(=O)c2cc3c(=O)c(-c4ccccc4)c(C#N)c3cc12. The van der Waals surface area contributed by atoms with E-state index < -0.39 is 0 Å². The summed E-state index contributed by atoms with van der Waals surface area (Å²) in [6, 6.07) is 51.0. The summed E-state index contributed by atoms with van der Waals surface area (Å²) in [5, 5.41) is 29.8.